The Balaban J connectivity index is 1.00. The molecule has 0 aliphatic carbocycles. The highest BCUT2D eigenvalue weighted by Gasteiger charge is 2.53. The summed E-state index contributed by atoms with van der Waals surface area (Å²) in [5.74, 6) is -3.02. The molecule has 2 fully saturated rings. The number of halogens is 2. The van der Waals surface area contributed by atoms with Gasteiger partial charge in [0.1, 0.15) is 11.4 Å². The van der Waals surface area contributed by atoms with Gasteiger partial charge >= 0.3 is 6.03 Å². The van der Waals surface area contributed by atoms with Gasteiger partial charge in [-0.15, -0.1) is 0 Å². The quantitative estimate of drug-likeness (QED) is 0.122. The molecule has 0 bridgehead atoms. The largest absolute Gasteiger partial charge is 0.433 e. The van der Waals surface area contributed by atoms with Crippen LogP contribution in [0.3, 0.4) is 0 Å². The Labute approximate surface area is 302 Å². The van der Waals surface area contributed by atoms with Crippen molar-refractivity contribution >= 4 is 40.1 Å². The number of ether oxygens (including phenoxy) is 1. The molecule has 4 N–H and O–H groups in total. The molecule has 0 radical (unpaired) electrons. The first-order valence-corrected chi connectivity index (χ1v) is 17.0. The highest BCUT2D eigenvalue weighted by molar-refractivity contribution is 6.24. The van der Waals surface area contributed by atoms with Crippen LogP contribution in [-0.2, 0) is 11.3 Å². The number of imide groups is 1. The Morgan fingerprint density at radius 2 is 1.64 bits per heavy atom. The molecule has 0 atom stereocenters. The first-order chi connectivity index (χ1) is 25.5. The van der Waals surface area contributed by atoms with Crippen LogP contribution in [0.5, 0.6) is 11.6 Å². The number of nitrogens with one attached hydrogen (secondary N) is 2. The number of nitrogens with two attached hydrogens (primary N) is 1. The molecule has 2 saturated heterocycles. The summed E-state index contributed by atoms with van der Waals surface area (Å²) in [6, 6.07) is 19.8. The molecule has 6 aromatic rings. The first kappa shape index (κ1) is 33.7. The van der Waals surface area contributed by atoms with E-state index in [4.69, 9.17) is 10.5 Å². The molecule has 3 aromatic heterocycles. The van der Waals surface area contributed by atoms with Crippen LogP contribution in [-0.4, -0.2) is 61.0 Å². The molecule has 5 heterocycles. The van der Waals surface area contributed by atoms with Crippen LogP contribution in [0.15, 0.2) is 85.2 Å². The molecule has 0 saturated carbocycles. The normalized spacial score (nSPS) is 15.7. The number of anilines is 2. The molecule has 53 heavy (non-hydrogen) atoms. The molecular formula is C39H34F2N8O4. The lowest BCUT2D eigenvalue weighted by Crippen LogP contribution is -2.54. The van der Waals surface area contributed by atoms with Gasteiger partial charge in [0, 0.05) is 36.6 Å². The van der Waals surface area contributed by atoms with Crippen LogP contribution in [0.1, 0.15) is 45.6 Å². The number of pyridine rings is 1. The topological polar surface area (TPSA) is 151 Å². The Bertz CT molecular complexity index is 2420. The number of piperidine rings is 1. The summed E-state index contributed by atoms with van der Waals surface area (Å²) in [7, 11) is 0. The van der Waals surface area contributed by atoms with Crippen molar-refractivity contribution in [2.24, 2.45) is 0 Å². The average molecular weight is 717 g/mol. The fraction of sp³-hybridized carbons (Fsp3) is 0.205. The highest BCUT2D eigenvalue weighted by Crippen LogP contribution is 2.36. The molecule has 2 aliphatic heterocycles. The first-order valence-electron chi connectivity index (χ1n) is 17.0. The van der Waals surface area contributed by atoms with E-state index in [1.54, 1.807) is 19.1 Å². The second-order valence-electron chi connectivity index (χ2n) is 13.5. The molecular weight excluding hydrogens is 682 g/mol. The van der Waals surface area contributed by atoms with E-state index in [0.29, 0.717) is 59.3 Å². The number of likely N-dealkylation sites (tertiary alicyclic amines) is 1. The van der Waals surface area contributed by atoms with Gasteiger partial charge in [-0.3, -0.25) is 14.5 Å². The number of carbonyl (C=O) groups excluding carboxylic acids is 3. The van der Waals surface area contributed by atoms with E-state index in [9.17, 15) is 23.2 Å². The number of fused-ring (bicyclic) bond motifs is 1. The summed E-state index contributed by atoms with van der Waals surface area (Å²) in [5.41, 5.74) is 9.68. The number of amides is 3. The van der Waals surface area contributed by atoms with Crippen molar-refractivity contribution in [2.75, 3.05) is 23.7 Å². The van der Waals surface area contributed by atoms with Crippen LogP contribution in [0.25, 0.3) is 16.6 Å². The van der Waals surface area contributed by atoms with E-state index in [-0.39, 0.29) is 28.9 Å². The van der Waals surface area contributed by atoms with E-state index in [1.807, 2.05) is 31.2 Å². The minimum Gasteiger partial charge on any atom is -0.433 e. The van der Waals surface area contributed by atoms with Crippen molar-refractivity contribution in [1.82, 2.24) is 30.0 Å². The molecule has 1 spiro atoms. The number of hydrogen-bond acceptors (Lipinski definition) is 8. The van der Waals surface area contributed by atoms with Gasteiger partial charge in [-0.25, -0.2) is 28.1 Å². The average Bonchev–Trinajstić information content (AvgIpc) is 3.80. The molecule has 3 aromatic carbocycles. The van der Waals surface area contributed by atoms with E-state index in [0.717, 1.165) is 18.7 Å². The van der Waals surface area contributed by atoms with Gasteiger partial charge in [-0.05, 0) is 73.7 Å². The molecule has 8 rings (SSSR count). The number of urea groups is 1. The molecule has 14 heteroatoms. The number of nitrogens with zero attached hydrogens (tertiary/aromatic N) is 5. The Morgan fingerprint density at radius 3 is 2.36 bits per heavy atom. The van der Waals surface area contributed by atoms with Gasteiger partial charge in [0.15, 0.2) is 11.6 Å². The fourth-order valence-corrected chi connectivity index (χ4v) is 7.11. The van der Waals surface area contributed by atoms with Crippen molar-refractivity contribution in [3.8, 4) is 17.3 Å². The number of aromatic amines is 1. The molecule has 268 valence electrons. The summed E-state index contributed by atoms with van der Waals surface area (Å²) in [5, 5.41) is 8.02. The van der Waals surface area contributed by atoms with Crippen molar-refractivity contribution < 1.29 is 27.9 Å². The maximum Gasteiger partial charge on any atom is 0.329 e. The third-order valence-corrected chi connectivity index (χ3v) is 10.0. The van der Waals surface area contributed by atoms with E-state index in [2.05, 4.69) is 37.4 Å². The fourth-order valence-electron chi connectivity index (χ4n) is 7.11. The number of carbonyl (C=O) groups is 3. The standard InChI is InChI=1S/C39H34F2N8O4/c1-22-15-25-17-30(34(50)26-19-44-49(36(26)42)32-20-43-33(16-23(32)2)53-35-27(40)9-6-10-28(35)41)45-29(25)18-31(22)48-37(51)39(46-38(48)52)11-13-47(14-12-39)21-24-7-4-3-5-8-24/h3-10,15-20,45H,11-14,21,42H2,1-2H3,(H,46,52). The van der Waals surface area contributed by atoms with Crippen LogP contribution in [0.4, 0.5) is 25.1 Å². The van der Waals surface area contributed by atoms with Crippen LogP contribution >= 0.6 is 0 Å². The van der Waals surface area contributed by atoms with Gasteiger partial charge in [0.25, 0.3) is 5.91 Å². The monoisotopic (exact) mass is 716 g/mol. The Hall–Kier alpha value is -6.41. The second kappa shape index (κ2) is 13.0. The lowest BCUT2D eigenvalue weighted by molar-refractivity contribution is -0.123. The van der Waals surface area contributed by atoms with Crippen LogP contribution in [0.2, 0.25) is 0 Å². The Morgan fingerprint density at radius 1 is 0.925 bits per heavy atom. The van der Waals surface area contributed by atoms with E-state index in [1.165, 1.54) is 39.7 Å². The summed E-state index contributed by atoms with van der Waals surface area (Å²) in [6.07, 6.45) is 3.72. The maximum atomic E-state index is 14.1. The summed E-state index contributed by atoms with van der Waals surface area (Å²) in [4.78, 5) is 51.9. The van der Waals surface area contributed by atoms with E-state index < -0.39 is 34.7 Å². The van der Waals surface area contributed by atoms with Crippen molar-refractivity contribution in [1.29, 1.82) is 0 Å². The van der Waals surface area contributed by atoms with Gasteiger partial charge in [0.2, 0.25) is 17.4 Å². The molecule has 0 unspecified atom stereocenters. The zero-order chi connectivity index (χ0) is 37.0. The van der Waals surface area contributed by atoms with Gasteiger partial charge in [-0.2, -0.15) is 5.10 Å². The lowest BCUT2D eigenvalue weighted by atomic mass is 9.87. The number of nitrogen functional groups attached to an aromatic ring is 1. The highest BCUT2D eigenvalue weighted by atomic mass is 19.1. The van der Waals surface area contributed by atoms with Gasteiger partial charge < -0.3 is 20.8 Å². The summed E-state index contributed by atoms with van der Waals surface area (Å²) >= 11 is 0. The number of aryl methyl sites for hydroxylation is 2. The zero-order valence-corrected chi connectivity index (χ0v) is 28.8. The molecule has 12 nitrogen and oxygen atoms in total. The van der Waals surface area contributed by atoms with Crippen molar-refractivity contribution in [3.05, 3.63) is 125 Å². The smallest absolute Gasteiger partial charge is 0.329 e. The SMILES string of the molecule is Cc1cc2cc(C(=O)c3cnn(-c4cnc(Oc5c(F)cccc5F)cc4C)c3N)[nH]c2cc1N1C(=O)NC2(CCN(Cc3ccccc3)CC2)C1=O. The van der Waals surface area contributed by atoms with E-state index >= 15 is 0 Å². The molecule has 2 aliphatic rings. The molecule has 3 amide bonds. The number of para-hydroxylation sites is 1. The number of ketones is 1. The van der Waals surface area contributed by atoms with Crippen LogP contribution < -0.4 is 20.7 Å². The number of rotatable bonds is 8. The minimum atomic E-state index is -0.973. The van der Waals surface area contributed by atoms with Crippen molar-refractivity contribution in [2.45, 2.75) is 38.8 Å². The van der Waals surface area contributed by atoms with Crippen molar-refractivity contribution in [3.63, 3.8) is 0 Å². The maximum absolute atomic E-state index is 14.1. The third-order valence-electron chi connectivity index (χ3n) is 10.0. The second-order valence-corrected chi connectivity index (χ2v) is 13.5. The number of aromatic nitrogens is 4. The Kier molecular flexibility index (Phi) is 8.25. The van der Waals surface area contributed by atoms with Crippen LogP contribution in [0, 0.1) is 25.5 Å². The third kappa shape index (κ3) is 5.96. The minimum absolute atomic E-state index is 0.0440. The predicted molar refractivity (Wildman–Crippen MR) is 193 cm³/mol. The predicted octanol–water partition coefficient (Wildman–Crippen LogP) is 6.34. The zero-order valence-electron chi connectivity index (χ0n) is 28.8. The summed E-state index contributed by atoms with van der Waals surface area (Å²) in [6.45, 7) is 5.64. The van der Waals surface area contributed by atoms with Gasteiger partial charge in [0.05, 0.1) is 35.0 Å². The number of H-pyrrole nitrogens is 1. The number of benzene rings is 3. The summed E-state index contributed by atoms with van der Waals surface area (Å²) < 4.78 is 34.9. The number of hydrogen-bond donors (Lipinski definition) is 3. The lowest BCUT2D eigenvalue weighted by Gasteiger charge is -2.37. The van der Waals surface area contributed by atoms with Gasteiger partial charge in [-0.1, -0.05) is 36.4 Å².